The largest absolute Gasteiger partial charge is 0.338 e. The quantitative estimate of drug-likeness (QED) is 0.271. The van der Waals surface area contributed by atoms with Gasteiger partial charge in [0.1, 0.15) is 0 Å². The van der Waals surface area contributed by atoms with Crippen molar-refractivity contribution in [3.8, 4) is 17.1 Å². The van der Waals surface area contributed by atoms with E-state index in [1.165, 1.54) is 11.8 Å². The molecular weight excluding hydrogens is 420 g/mol. The number of fused-ring (bicyclic) bond motifs is 1. The first-order chi connectivity index (χ1) is 15.6. The summed E-state index contributed by atoms with van der Waals surface area (Å²) in [5.41, 5.74) is 4.49. The zero-order chi connectivity index (χ0) is 22.1. The molecule has 0 saturated carbocycles. The molecule has 158 valence electrons. The van der Waals surface area contributed by atoms with Crippen molar-refractivity contribution in [3.63, 3.8) is 0 Å². The van der Waals surface area contributed by atoms with Gasteiger partial charge < -0.3 is 4.52 Å². The van der Waals surface area contributed by atoms with Gasteiger partial charge in [-0.2, -0.15) is 4.98 Å². The van der Waals surface area contributed by atoms with E-state index in [2.05, 4.69) is 10.1 Å². The van der Waals surface area contributed by atoms with Crippen molar-refractivity contribution in [3.05, 3.63) is 100 Å². The molecule has 2 aromatic heterocycles. The Morgan fingerprint density at radius 3 is 2.53 bits per heavy atom. The summed E-state index contributed by atoms with van der Waals surface area (Å²) in [4.78, 5) is 22.6. The van der Waals surface area contributed by atoms with Crippen molar-refractivity contribution in [2.75, 3.05) is 0 Å². The van der Waals surface area contributed by atoms with Gasteiger partial charge in [0.25, 0.3) is 5.56 Å². The summed E-state index contributed by atoms with van der Waals surface area (Å²) >= 11 is 1.40. The Balaban J connectivity index is 1.51. The Hall–Kier alpha value is -3.71. The Kier molecular flexibility index (Phi) is 5.33. The molecule has 0 N–H and O–H groups in total. The number of thioether (sulfide) groups is 1. The number of hydrogen-bond acceptors (Lipinski definition) is 6. The lowest BCUT2D eigenvalue weighted by Gasteiger charge is -2.12. The van der Waals surface area contributed by atoms with Crippen LogP contribution < -0.4 is 5.56 Å². The van der Waals surface area contributed by atoms with Crippen molar-refractivity contribution in [2.24, 2.45) is 0 Å². The van der Waals surface area contributed by atoms with Crippen LogP contribution in [0.2, 0.25) is 0 Å². The molecule has 0 aliphatic rings. The standard InChI is InChI=1S/C25H20N4O2S/c1-16-10-12-19(13-11-16)29-24(30)20-8-3-4-9-21(20)26-25(29)32-15-22-27-23(28-31-22)18-7-5-6-17(2)14-18/h3-14H,15H2,1-2H3. The lowest BCUT2D eigenvalue weighted by atomic mass is 10.1. The van der Waals surface area contributed by atoms with Crippen molar-refractivity contribution in [1.82, 2.24) is 19.7 Å². The Morgan fingerprint density at radius 1 is 0.906 bits per heavy atom. The number of hydrogen-bond donors (Lipinski definition) is 0. The Morgan fingerprint density at radius 2 is 1.72 bits per heavy atom. The minimum absolute atomic E-state index is 0.104. The fraction of sp³-hybridized carbons (Fsp3) is 0.120. The van der Waals surface area contributed by atoms with Crippen molar-refractivity contribution >= 4 is 22.7 Å². The second-order valence-corrected chi connectivity index (χ2v) is 8.50. The first-order valence-corrected chi connectivity index (χ1v) is 11.2. The van der Waals surface area contributed by atoms with Gasteiger partial charge in [-0.25, -0.2) is 4.98 Å². The number of aromatic nitrogens is 4. The minimum Gasteiger partial charge on any atom is -0.338 e. The predicted molar refractivity (Wildman–Crippen MR) is 126 cm³/mol. The van der Waals surface area contributed by atoms with Gasteiger partial charge in [-0.05, 0) is 44.2 Å². The van der Waals surface area contributed by atoms with Crippen molar-refractivity contribution < 1.29 is 4.52 Å². The lowest BCUT2D eigenvalue weighted by Crippen LogP contribution is -2.21. The molecular formula is C25H20N4O2S. The highest BCUT2D eigenvalue weighted by Crippen LogP contribution is 2.25. The van der Waals surface area contributed by atoms with Crippen molar-refractivity contribution in [1.29, 1.82) is 0 Å². The Bertz CT molecular complexity index is 1470. The monoisotopic (exact) mass is 440 g/mol. The van der Waals surface area contributed by atoms with Crippen LogP contribution in [0.5, 0.6) is 0 Å². The molecule has 0 saturated heterocycles. The van der Waals surface area contributed by atoms with E-state index in [1.807, 2.05) is 80.6 Å². The third-order valence-corrected chi connectivity index (χ3v) is 6.03. The summed E-state index contributed by atoms with van der Waals surface area (Å²) in [6, 6.07) is 23.2. The number of nitrogens with zero attached hydrogens (tertiary/aromatic N) is 4. The van der Waals surface area contributed by atoms with Crippen LogP contribution in [0.1, 0.15) is 17.0 Å². The molecule has 0 aliphatic carbocycles. The van der Waals surface area contributed by atoms with Crippen molar-refractivity contribution in [2.45, 2.75) is 24.8 Å². The molecule has 0 radical (unpaired) electrons. The van der Waals surface area contributed by atoms with Gasteiger partial charge in [0.2, 0.25) is 11.7 Å². The van der Waals surface area contributed by atoms with Crippen LogP contribution in [-0.2, 0) is 5.75 Å². The summed E-state index contributed by atoms with van der Waals surface area (Å²) in [7, 11) is 0. The predicted octanol–water partition coefficient (Wildman–Crippen LogP) is 5.34. The van der Waals surface area contributed by atoms with Gasteiger partial charge in [-0.3, -0.25) is 9.36 Å². The molecule has 7 heteroatoms. The van der Waals surface area contributed by atoms with Gasteiger partial charge in [0.05, 0.1) is 22.3 Å². The van der Waals surface area contributed by atoms with E-state index in [4.69, 9.17) is 9.51 Å². The van der Waals surface area contributed by atoms with Crippen LogP contribution in [0.25, 0.3) is 28.0 Å². The highest BCUT2D eigenvalue weighted by Gasteiger charge is 2.16. The van der Waals surface area contributed by atoms with E-state index in [9.17, 15) is 4.79 Å². The van der Waals surface area contributed by atoms with Crippen LogP contribution in [0.3, 0.4) is 0 Å². The second-order valence-electron chi connectivity index (χ2n) is 7.56. The van der Waals surface area contributed by atoms with Crippen LogP contribution in [0, 0.1) is 13.8 Å². The molecule has 5 rings (SSSR count). The molecule has 0 bridgehead atoms. The summed E-state index contributed by atoms with van der Waals surface area (Å²) in [6.07, 6.45) is 0. The van der Waals surface area contributed by atoms with E-state index in [0.29, 0.717) is 33.5 Å². The molecule has 5 aromatic rings. The summed E-state index contributed by atoms with van der Waals surface area (Å²) < 4.78 is 7.11. The van der Waals surface area contributed by atoms with Gasteiger partial charge in [0, 0.05) is 5.56 Å². The average Bonchev–Trinajstić information content (AvgIpc) is 3.28. The van der Waals surface area contributed by atoms with E-state index >= 15 is 0 Å². The third kappa shape index (κ3) is 3.94. The summed E-state index contributed by atoms with van der Waals surface area (Å²) in [6.45, 7) is 4.04. The molecule has 6 nitrogen and oxygen atoms in total. The molecule has 0 atom stereocenters. The molecule has 0 amide bonds. The van der Waals surface area contributed by atoms with Crippen LogP contribution in [0.15, 0.2) is 87.3 Å². The fourth-order valence-corrected chi connectivity index (χ4v) is 4.32. The maximum atomic E-state index is 13.3. The summed E-state index contributed by atoms with van der Waals surface area (Å²) in [5.74, 6) is 1.42. The first kappa shape index (κ1) is 20.2. The zero-order valence-corrected chi connectivity index (χ0v) is 18.5. The van der Waals surface area contributed by atoms with Gasteiger partial charge in [-0.15, -0.1) is 0 Å². The van der Waals surface area contributed by atoms with Crippen LogP contribution >= 0.6 is 11.8 Å². The molecule has 0 fully saturated rings. The number of rotatable bonds is 5. The summed E-state index contributed by atoms with van der Waals surface area (Å²) in [5, 5.41) is 5.27. The van der Waals surface area contributed by atoms with E-state index in [1.54, 1.807) is 10.6 Å². The first-order valence-electron chi connectivity index (χ1n) is 10.2. The smallest absolute Gasteiger partial charge is 0.266 e. The van der Waals surface area contributed by atoms with Gasteiger partial charge >= 0.3 is 0 Å². The molecule has 3 aromatic carbocycles. The van der Waals surface area contributed by atoms with Gasteiger partial charge in [-0.1, -0.05) is 70.5 Å². The molecule has 32 heavy (non-hydrogen) atoms. The topological polar surface area (TPSA) is 73.8 Å². The van der Waals surface area contributed by atoms with E-state index < -0.39 is 0 Å². The maximum Gasteiger partial charge on any atom is 0.266 e. The van der Waals surface area contributed by atoms with E-state index in [0.717, 1.165) is 22.4 Å². The van der Waals surface area contributed by atoms with Crippen LogP contribution in [0.4, 0.5) is 0 Å². The Labute approximate surface area is 188 Å². The van der Waals surface area contributed by atoms with Gasteiger partial charge in [0.15, 0.2) is 5.16 Å². The zero-order valence-electron chi connectivity index (χ0n) is 17.6. The fourth-order valence-electron chi connectivity index (χ4n) is 3.47. The third-order valence-electron chi connectivity index (χ3n) is 5.11. The number of para-hydroxylation sites is 1. The highest BCUT2D eigenvalue weighted by atomic mass is 32.2. The lowest BCUT2D eigenvalue weighted by molar-refractivity contribution is 0.391. The molecule has 0 spiro atoms. The minimum atomic E-state index is -0.104. The number of benzene rings is 3. The average molecular weight is 441 g/mol. The van der Waals surface area contributed by atoms with E-state index in [-0.39, 0.29) is 5.56 Å². The normalized spacial score (nSPS) is 11.2. The maximum absolute atomic E-state index is 13.3. The molecule has 0 unspecified atom stereocenters. The number of aryl methyl sites for hydroxylation is 2. The molecule has 0 aliphatic heterocycles. The second kappa shape index (κ2) is 8.43. The molecule has 2 heterocycles. The SMILES string of the molecule is Cc1ccc(-n2c(SCc3nc(-c4cccc(C)c4)no3)nc3ccccc3c2=O)cc1. The van der Waals surface area contributed by atoms with Crippen LogP contribution in [-0.4, -0.2) is 19.7 Å². The highest BCUT2D eigenvalue weighted by molar-refractivity contribution is 7.98.